The number of primary amides is 1. The van der Waals surface area contributed by atoms with Gasteiger partial charge in [0.1, 0.15) is 0 Å². The van der Waals surface area contributed by atoms with Crippen molar-refractivity contribution in [1.29, 1.82) is 0 Å². The summed E-state index contributed by atoms with van der Waals surface area (Å²) in [5.41, 5.74) is 5.34. The molecule has 0 aliphatic carbocycles. The first-order valence-electron chi connectivity index (χ1n) is 9.08. The molecule has 6 nitrogen and oxygen atoms in total. The van der Waals surface area contributed by atoms with Crippen LogP contribution in [0.3, 0.4) is 0 Å². The van der Waals surface area contributed by atoms with Crippen molar-refractivity contribution in [2.45, 2.75) is 51.5 Å². The van der Waals surface area contributed by atoms with E-state index in [1.54, 1.807) is 0 Å². The molecule has 3 N–H and O–H groups in total. The molecule has 1 amide bonds. The highest BCUT2D eigenvalue weighted by Gasteiger charge is 2.24. The van der Waals surface area contributed by atoms with Gasteiger partial charge in [-0.05, 0) is 45.1 Å². The summed E-state index contributed by atoms with van der Waals surface area (Å²) in [5, 5.41) is 3.50. The summed E-state index contributed by atoms with van der Waals surface area (Å²) in [7, 11) is 1.84. The first-order valence-corrected chi connectivity index (χ1v) is 9.08. The average molecular weight is 323 g/mol. The molecule has 0 spiro atoms. The van der Waals surface area contributed by atoms with Gasteiger partial charge < -0.3 is 16.0 Å². The van der Waals surface area contributed by atoms with Gasteiger partial charge in [0.25, 0.3) is 0 Å². The molecule has 2 unspecified atom stereocenters. The number of guanidine groups is 1. The number of carbonyl (C=O) groups is 1. The lowest BCUT2D eigenvalue weighted by molar-refractivity contribution is -0.119. The average Bonchev–Trinajstić information content (AvgIpc) is 2.53. The molecule has 6 heteroatoms. The minimum Gasteiger partial charge on any atom is -0.370 e. The highest BCUT2D eigenvalue weighted by Crippen LogP contribution is 2.19. The zero-order valence-electron chi connectivity index (χ0n) is 14.8. The summed E-state index contributed by atoms with van der Waals surface area (Å²) in [6.45, 7) is 7.42. The maximum absolute atomic E-state index is 11.1. The molecule has 0 aromatic carbocycles. The predicted octanol–water partition coefficient (Wildman–Crippen LogP) is 1.02. The second kappa shape index (κ2) is 9.11. The summed E-state index contributed by atoms with van der Waals surface area (Å²) < 4.78 is 0. The fourth-order valence-electron chi connectivity index (χ4n) is 3.84. The van der Waals surface area contributed by atoms with Crippen LogP contribution >= 0.6 is 0 Å². The summed E-state index contributed by atoms with van der Waals surface area (Å²) >= 11 is 0. The number of likely N-dealkylation sites (tertiary alicyclic amines) is 2. The van der Waals surface area contributed by atoms with Crippen LogP contribution in [0.1, 0.15) is 45.4 Å². The van der Waals surface area contributed by atoms with E-state index in [0.717, 1.165) is 45.0 Å². The van der Waals surface area contributed by atoms with Crippen LogP contribution in [0.5, 0.6) is 0 Å². The van der Waals surface area contributed by atoms with E-state index in [1.165, 1.54) is 25.8 Å². The number of nitrogens with zero attached hydrogens (tertiary/aromatic N) is 3. The molecule has 23 heavy (non-hydrogen) atoms. The van der Waals surface area contributed by atoms with Gasteiger partial charge in [-0.3, -0.25) is 14.7 Å². The third kappa shape index (κ3) is 5.68. The molecule has 2 heterocycles. The molecule has 0 aromatic heterocycles. The number of rotatable bonds is 5. The van der Waals surface area contributed by atoms with Gasteiger partial charge in [-0.2, -0.15) is 0 Å². The van der Waals surface area contributed by atoms with Crippen LogP contribution in [0.25, 0.3) is 0 Å². The van der Waals surface area contributed by atoms with Crippen molar-refractivity contribution in [2.24, 2.45) is 16.6 Å². The van der Waals surface area contributed by atoms with Gasteiger partial charge in [0.05, 0.1) is 0 Å². The standard InChI is InChI=1S/C17H33N5O/c1-14-6-3-4-9-21(14)11-8-20-17(19-2)22-10-5-7-15(13-22)12-16(18)23/h14-15H,3-13H2,1-2H3,(H2,18,23)(H,19,20). The van der Waals surface area contributed by atoms with Crippen LogP contribution in [0.2, 0.25) is 0 Å². The van der Waals surface area contributed by atoms with E-state index < -0.39 is 0 Å². The van der Waals surface area contributed by atoms with Gasteiger partial charge in [-0.15, -0.1) is 0 Å². The molecule has 0 bridgehead atoms. The van der Waals surface area contributed by atoms with Crippen molar-refractivity contribution < 1.29 is 4.79 Å². The second-order valence-electron chi connectivity index (χ2n) is 6.98. The largest absolute Gasteiger partial charge is 0.370 e. The molecule has 2 fully saturated rings. The Balaban J connectivity index is 1.77. The van der Waals surface area contributed by atoms with Crippen LogP contribution in [0.15, 0.2) is 4.99 Å². The zero-order chi connectivity index (χ0) is 16.7. The smallest absolute Gasteiger partial charge is 0.217 e. The summed E-state index contributed by atoms with van der Waals surface area (Å²) in [5.74, 6) is 1.13. The number of hydrogen-bond acceptors (Lipinski definition) is 3. The highest BCUT2D eigenvalue weighted by molar-refractivity contribution is 5.80. The lowest BCUT2D eigenvalue weighted by Gasteiger charge is -2.36. The van der Waals surface area contributed by atoms with Crippen LogP contribution in [-0.2, 0) is 4.79 Å². The van der Waals surface area contributed by atoms with Gasteiger partial charge >= 0.3 is 0 Å². The molecule has 132 valence electrons. The second-order valence-corrected chi connectivity index (χ2v) is 6.98. The molecular weight excluding hydrogens is 290 g/mol. The van der Waals surface area contributed by atoms with Crippen LogP contribution in [-0.4, -0.2) is 67.5 Å². The third-order valence-corrected chi connectivity index (χ3v) is 5.14. The number of aliphatic imine (C=N–C) groups is 1. The first kappa shape index (κ1) is 18.0. The topological polar surface area (TPSA) is 74.0 Å². The molecule has 2 saturated heterocycles. The van der Waals surface area contributed by atoms with E-state index >= 15 is 0 Å². The lowest BCUT2D eigenvalue weighted by atomic mass is 9.95. The van der Waals surface area contributed by atoms with Crippen molar-refractivity contribution >= 4 is 11.9 Å². The van der Waals surface area contributed by atoms with E-state index in [0.29, 0.717) is 18.4 Å². The van der Waals surface area contributed by atoms with Crippen molar-refractivity contribution in [3.8, 4) is 0 Å². The maximum Gasteiger partial charge on any atom is 0.217 e. The van der Waals surface area contributed by atoms with E-state index in [1.807, 2.05) is 7.05 Å². The Morgan fingerprint density at radius 3 is 2.78 bits per heavy atom. The number of nitrogens with one attached hydrogen (secondary N) is 1. The Bertz CT molecular complexity index is 412. The Kier molecular flexibility index (Phi) is 7.15. The van der Waals surface area contributed by atoms with Crippen molar-refractivity contribution in [1.82, 2.24) is 15.1 Å². The molecule has 2 atom stereocenters. The fourth-order valence-corrected chi connectivity index (χ4v) is 3.84. The lowest BCUT2D eigenvalue weighted by Crippen LogP contribution is -2.49. The number of nitrogens with two attached hydrogens (primary N) is 1. The number of amides is 1. The van der Waals surface area contributed by atoms with Crippen molar-refractivity contribution in [3.63, 3.8) is 0 Å². The summed E-state index contributed by atoms with van der Waals surface area (Å²) in [4.78, 5) is 20.4. The normalized spacial score (nSPS) is 27.0. The molecular formula is C17H33N5O. The summed E-state index contributed by atoms with van der Waals surface area (Å²) in [6, 6.07) is 0.697. The highest BCUT2D eigenvalue weighted by atomic mass is 16.1. The van der Waals surface area contributed by atoms with Crippen LogP contribution in [0, 0.1) is 5.92 Å². The molecule has 0 aromatic rings. The molecule has 0 saturated carbocycles. The van der Waals surface area contributed by atoms with Crippen molar-refractivity contribution in [3.05, 3.63) is 0 Å². The minimum atomic E-state index is -0.195. The van der Waals surface area contributed by atoms with Crippen LogP contribution in [0.4, 0.5) is 0 Å². The van der Waals surface area contributed by atoms with Gasteiger partial charge in [-0.25, -0.2) is 0 Å². The number of carbonyl (C=O) groups excluding carboxylic acids is 1. The maximum atomic E-state index is 11.1. The number of hydrogen-bond donors (Lipinski definition) is 2. The Labute approximate surface area is 140 Å². The molecule has 2 rings (SSSR count). The predicted molar refractivity (Wildman–Crippen MR) is 94.4 cm³/mol. The Morgan fingerprint density at radius 2 is 2.09 bits per heavy atom. The van der Waals surface area contributed by atoms with Gasteiger partial charge in [0.15, 0.2) is 5.96 Å². The molecule has 2 aliphatic rings. The van der Waals surface area contributed by atoms with Crippen molar-refractivity contribution in [2.75, 3.05) is 39.8 Å². The van der Waals surface area contributed by atoms with E-state index in [2.05, 4.69) is 27.0 Å². The first-order chi connectivity index (χ1) is 11.1. The zero-order valence-corrected chi connectivity index (χ0v) is 14.8. The molecule has 2 aliphatic heterocycles. The SMILES string of the molecule is CN=C(NCCN1CCCCC1C)N1CCCC(CC(N)=O)C1. The fraction of sp³-hybridized carbons (Fsp3) is 0.882. The molecule has 0 radical (unpaired) electrons. The van der Waals surface area contributed by atoms with Gasteiger partial charge in [-0.1, -0.05) is 6.42 Å². The quantitative estimate of drug-likeness (QED) is 0.585. The Morgan fingerprint density at radius 1 is 1.26 bits per heavy atom. The van der Waals surface area contributed by atoms with Gasteiger partial charge in [0.2, 0.25) is 5.91 Å². The van der Waals surface area contributed by atoms with E-state index in [-0.39, 0.29) is 5.91 Å². The van der Waals surface area contributed by atoms with E-state index in [4.69, 9.17) is 5.73 Å². The third-order valence-electron chi connectivity index (χ3n) is 5.14. The van der Waals surface area contributed by atoms with Crippen LogP contribution < -0.4 is 11.1 Å². The Hall–Kier alpha value is -1.30. The monoisotopic (exact) mass is 323 g/mol. The minimum absolute atomic E-state index is 0.195. The number of piperidine rings is 2. The van der Waals surface area contributed by atoms with E-state index in [9.17, 15) is 4.79 Å². The van der Waals surface area contributed by atoms with Gasteiger partial charge in [0, 0.05) is 45.7 Å². The summed E-state index contributed by atoms with van der Waals surface area (Å²) in [6.07, 6.45) is 6.67.